The topological polar surface area (TPSA) is 35.6 Å². The van der Waals surface area contributed by atoms with Crippen molar-refractivity contribution >= 4 is 5.91 Å². The highest BCUT2D eigenvalue weighted by atomic mass is 19.4. The van der Waals surface area contributed by atoms with Gasteiger partial charge in [0.15, 0.2) is 0 Å². The van der Waals surface area contributed by atoms with Crippen molar-refractivity contribution in [1.29, 1.82) is 0 Å². The fourth-order valence-corrected chi connectivity index (χ4v) is 3.27. The number of likely N-dealkylation sites (N-methyl/N-ethyl adjacent to an activating group) is 1. The number of likely N-dealkylation sites (tertiary alicyclic amines) is 2. The highest BCUT2D eigenvalue weighted by molar-refractivity contribution is 5.79. The van der Waals surface area contributed by atoms with Gasteiger partial charge in [0.2, 0.25) is 5.91 Å². The lowest BCUT2D eigenvalue weighted by molar-refractivity contribution is -0.188. The number of halogens is 3. The number of alkyl halides is 3. The molecule has 4 nitrogen and oxygen atoms in total. The monoisotopic (exact) mass is 307 g/mol. The van der Waals surface area contributed by atoms with E-state index in [4.69, 9.17) is 0 Å². The molecule has 1 N–H and O–H groups in total. The maximum absolute atomic E-state index is 12.8. The number of piperidine rings is 2. The predicted octanol–water partition coefficient (Wildman–Crippen LogP) is 1.47. The van der Waals surface area contributed by atoms with Crippen molar-refractivity contribution in [2.24, 2.45) is 5.92 Å². The van der Waals surface area contributed by atoms with Crippen LogP contribution in [0.5, 0.6) is 0 Å². The Bertz CT molecular complexity index is 367. The van der Waals surface area contributed by atoms with Gasteiger partial charge in [-0.3, -0.25) is 9.69 Å². The van der Waals surface area contributed by atoms with Gasteiger partial charge in [0.05, 0.1) is 0 Å². The summed E-state index contributed by atoms with van der Waals surface area (Å²) in [6.07, 6.45) is -2.07. The standard InChI is InChI=1S/C14H24F3N3O/c1-19-7-5-10(6-8-19)13(21)18-11-3-4-12(14(15,16)17)20(2)9-11/h10-12H,3-9H2,1-2H3,(H,18,21). The van der Waals surface area contributed by atoms with E-state index >= 15 is 0 Å². The second-order valence-corrected chi connectivity index (χ2v) is 6.36. The van der Waals surface area contributed by atoms with Gasteiger partial charge in [-0.15, -0.1) is 0 Å². The summed E-state index contributed by atoms with van der Waals surface area (Å²) in [6, 6.07) is -1.55. The second-order valence-electron chi connectivity index (χ2n) is 6.36. The van der Waals surface area contributed by atoms with Crippen molar-refractivity contribution < 1.29 is 18.0 Å². The first-order valence-electron chi connectivity index (χ1n) is 7.53. The first kappa shape index (κ1) is 16.5. The Morgan fingerprint density at radius 3 is 2.24 bits per heavy atom. The van der Waals surface area contributed by atoms with Crippen molar-refractivity contribution in [2.75, 3.05) is 33.7 Å². The van der Waals surface area contributed by atoms with Gasteiger partial charge in [0, 0.05) is 18.5 Å². The lowest BCUT2D eigenvalue weighted by Crippen LogP contribution is -2.55. The molecule has 0 aromatic heterocycles. The van der Waals surface area contributed by atoms with Crippen molar-refractivity contribution in [3.05, 3.63) is 0 Å². The van der Waals surface area contributed by atoms with Crippen molar-refractivity contribution in [3.8, 4) is 0 Å². The third-order valence-corrected chi connectivity index (χ3v) is 4.64. The largest absolute Gasteiger partial charge is 0.404 e. The van der Waals surface area contributed by atoms with Gasteiger partial charge in [0.1, 0.15) is 6.04 Å². The summed E-state index contributed by atoms with van der Waals surface area (Å²) in [5, 5.41) is 2.94. The van der Waals surface area contributed by atoms with Crippen LogP contribution in [0.1, 0.15) is 25.7 Å². The van der Waals surface area contributed by atoms with Gasteiger partial charge < -0.3 is 10.2 Å². The van der Waals surface area contributed by atoms with Gasteiger partial charge in [-0.25, -0.2) is 0 Å². The van der Waals surface area contributed by atoms with E-state index in [1.54, 1.807) is 0 Å². The molecule has 2 unspecified atom stereocenters. The molecule has 0 aliphatic carbocycles. The van der Waals surface area contributed by atoms with Crippen LogP contribution in [0, 0.1) is 5.92 Å². The number of nitrogens with one attached hydrogen (secondary N) is 1. The van der Waals surface area contributed by atoms with E-state index in [1.165, 1.54) is 11.9 Å². The third kappa shape index (κ3) is 4.32. The van der Waals surface area contributed by atoms with Crippen LogP contribution in [-0.4, -0.2) is 67.7 Å². The number of amides is 1. The molecule has 21 heavy (non-hydrogen) atoms. The maximum atomic E-state index is 12.8. The van der Waals surface area contributed by atoms with E-state index in [0.717, 1.165) is 25.9 Å². The molecule has 2 rings (SSSR count). The molecule has 0 saturated carbocycles. The molecule has 2 fully saturated rings. The summed E-state index contributed by atoms with van der Waals surface area (Å²) in [6.45, 7) is 2.07. The predicted molar refractivity (Wildman–Crippen MR) is 73.9 cm³/mol. The normalized spacial score (nSPS) is 30.3. The van der Waals surface area contributed by atoms with Crippen molar-refractivity contribution in [3.63, 3.8) is 0 Å². The number of hydrogen-bond acceptors (Lipinski definition) is 3. The quantitative estimate of drug-likeness (QED) is 0.839. The summed E-state index contributed by atoms with van der Waals surface area (Å²) >= 11 is 0. The Labute approximate surface area is 123 Å². The van der Waals surface area contributed by atoms with Crippen LogP contribution in [0.4, 0.5) is 13.2 Å². The Kier molecular flexibility index (Phi) is 5.14. The van der Waals surface area contributed by atoms with E-state index in [1.807, 2.05) is 7.05 Å². The van der Waals surface area contributed by atoms with E-state index in [2.05, 4.69) is 10.2 Å². The highest BCUT2D eigenvalue weighted by Gasteiger charge is 2.45. The molecule has 2 saturated heterocycles. The average molecular weight is 307 g/mol. The molecule has 2 aliphatic rings. The number of carbonyl (C=O) groups excluding carboxylic acids is 1. The summed E-state index contributed by atoms with van der Waals surface area (Å²) in [4.78, 5) is 15.7. The zero-order valence-electron chi connectivity index (χ0n) is 12.6. The summed E-state index contributed by atoms with van der Waals surface area (Å²) < 4.78 is 38.3. The first-order chi connectivity index (χ1) is 9.77. The third-order valence-electron chi connectivity index (χ3n) is 4.64. The molecule has 0 spiro atoms. The lowest BCUT2D eigenvalue weighted by atomic mass is 9.94. The Morgan fingerprint density at radius 1 is 1.10 bits per heavy atom. The SMILES string of the molecule is CN1CCC(C(=O)NC2CCC(C(F)(F)F)N(C)C2)CC1. The van der Waals surface area contributed by atoms with Gasteiger partial charge in [-0.05, 0) is 52.9 Å². The average Bonchev–Trinajstić information content (AvgIpc) is 2.37. The van der Waals surface area contributed by atoms with E-state index < -0.39 is 12.2 Å². The zero-order valence-corrected chi connectivity index (χ0v) is 12.6. The number of hydrogen-bond donors (Lipinski definition) is 1. The van der Waals surface area contributed by atoms with E-state index in [0.29, 0.717) is 6.42 Å². The van der Waals surface area contributed by atoms with Crippen LogP contribution >= 0.6 is 0 Å². The van der Waals surface area contributed by atoms with Gasteiger partial charge in [-0.1, -0.05) is 0 Å². The molecule has 2 heterocycles. The minimum absolute atomic E-state index is 0.00634. The maximum Gasteiger partial charge on any atom is 0.404 e. The molecular weight excluding hydrogens is 283 g/mol. The van der Waals surface area contributed by atoms with Crippen LogP contribution in [-0.2, 0) is 4.79 Å². The van der Waals surface area contributed by atoms with Gasteiger partial charge in [-0.2, -0.15) is 13.2 Å². The van der Waals surface area contributed by atoms with Crippen molar-refractivity contribution in [2.45, 2.75) is 43.9 Å². The molecule has 0 aromatic rings. The molecule has 0 radical (unpaired) electrons. The molecule has 7 heteroatoms. The number of rotatable bonds is 2. The summed E-state index contributed by atoms with van der Waals surface area (Å²) in [5.74, 6) is 0.0128. The van der Waals surface area contributed by atoms with Crippen LogP contribution in [0.25, 0.3) is 0 Å². The van der Waals surface area contributed by atoms with E-state index in [9.17, 15) is 18.0 Å². The Morgan fingerprint density at radius 2 is 1.71 bits per heavy atom. The minimum Gasteiger partial charge on any atom is -0.352 e. The molecule has 0 aromatic carbocycles. The summed E-state index contributed by atoms with van der Waals surface area (Å²) in [7, 11) is 3.51. The lowest BCUT2D eigenvalue weighted by Gasteiger charge is -2.39. The van der Waals surface area contributed by atoms with Gasteiger partial charge in [0.25, 0.3) is 0 Å². The first-order valence-corrected chi connectivity index (χ1v) is 7.53. The minimum atomic E-state index is -4.18. The molecule has 2 atom stereocenters. The van der Waals surface area contributed by atoms with E-state index in [-0.39, 0.29) is 30.8 Å². The Hall–Kier alpha value is -0.820. The highest BCUT2D eigenvalue weighted by Crippen LogP contribution is 2.31. The second kappa shape index (κ2) is 6.52. The summed E-state index contributed by atoms with van der Waals surface area (Å²) in [5.41, 5.74) is 0. The fraction of sp³-hybridized carbons (Fsp3) is 0.929. The number of carbonyl (C=O) groups is 1. The molecular formula is C14H24F3N3O. The fourth-order valence-electron chi connectivity index (χ4n) is 3.27. The Balaban J connectivity index is 1.81. The molecule has 0 bridgehead atoms. The smallest absolute Gasteiger partial charge is 0.352 e. The number of nitrogens with zero attached hydrogens (tertiary/aromatic N) is 2. The molecule has 122 valence electrons. The molecule has 1 amide bonds. The van der Waals surface area contributed by atoms with Gasteiger partial charge >= 0.3 is 6.18 Å². The van der Waals surface area contributed by atoms with Crippen LogP contribution in [0.3, 0.4) is 0 Å². The van der Waals surface area contributed by atoms with Crippen LogP contribution in [0.2, 0.25) is 0 Å². The van der Waals surface area contributed by atoms with Crippen LogP contribution < -0.4 is 5.32 Å². The van der Waals surface area contributed by atoms with Crippen LogP contribution in [0.15, 0.2) is 0 Å². The zero-order chi connectivity index (χ0) is 15.6. The molecule has 2 aliphatic heterocycles. The van der Waals surface area contributed by atoms with Crippen molar-refractivity contribution in [1.82, 2.24) is 15.1 Å².